The number of primary amides is 1. The summed E-state index contributed by atoms with van der Waals surface area (Å²) < 4.78 is 6.48. The lowest BCUT2D eigenvalue weighted by Crippen LogP contribution is -2.13. The molecule has 0 fully saturated rings. The minimum atomic E-state index is -0.457. The third kappa shape index (κ3) is 4.77. The van der Waals surface area contributed by atoms with Gasteiger partial charge in [-0.1, -0.05) is 42.1 Å². The van der Waals surface area contributed by atoms with Crippen molar-refractivity contribution in [3.8, 4) is 5.75 Å². The van der Waals surface area contributed by atoms with Crippen LogP contribution < -0.4 is 10.5 Å². The van der Waals surface area contributed by atoms with E-state index in [1.54, 1.807) is 18.2 Å². The molecule has 0 spiro atoms. The Kier molecular flexibility index (Phi) is 6.05. The molecule has 17 heavy (non-hydrogen) atoms. The van der Waals surface area contributed by atoms with Crippen LogP contribution in [-0.4, -0.2) is 12.5 Å². The van der Waals surface area contributed by atoms with Crippen molar-refractivity contribution in [2.24, 2.45) is 5.73 Å². The number of halogens is 1. The van der Waals surface area contributed by atoms with Crippen LogP contribution in [0, 0.1) is 0 Å². The van der Waals surface area contributed by atoms with E-state index in [9.17, 15) is 4.79 Å². The van der Waals surface area contributed by atoms with E-state index in [-0.39, 0.29) is 0 Å². The first-order valence-electron chi connectivity index (χ1n) is 5.87. The lowest BCUT2D eigenvalue weighted by molar-refractivity contribution is 0.0996. The number of rotatable bonds is 7. The molecule has 0 saturated carbocycles. The van der Waals surface area contributed by atoms with Crippen LogP contribution in [0.5, 0.6) is 5.75 Å². The Morgan fingerprint density at radius 1 is 1.35 bits per heavy atom. The molecule has 0 heterocycles. The highest BCUT2D eigenvalue weighted by Gasteiger charge is 2.09. The molecule has 0 atom stereocenters. The van der Waals surface area contributed by atoms with Crippen LogP contribution in [0.25, 0.3) is 0 Å². The molecule has 94 valence electrons. The van der Waals surface area contributed by atoms with Crippen LogP contribution >= 0.6 is 15.9 Å². The van der Waals surface area contributed by atoms with Crippen molar-refractivity contribution < 1.29 is 9.53 Å². The maximum atomic E-state index is 11.2. The lowest BCUT2D eigenvalue weighted by Gasteiger charge is -2.09. The normalized spacial score (nSPS) is 10.2. The first-order valence-corrected chi connectivity index (χ1v) is 6.66. The highest BCUT2D eigenvalue weighted by atomic mass is 79.9. The molecule has 0 radical (unpaired) electrons. The SMILES string of the molecule is CCCCCCOc1cc(Br)ccc1C(N)=O. The van der Waals surface area contributed by atoms with Crippen molar-refractivity contribution in [2.45, 2.75) is 32.6 Å². The van der Waals surface area contributed by atoms with Crippen molar-refractivity contribution in [1.29, 1.82) is 0 Å². The van der Waals surface area contributed by atoms with Gasteiger partial charge in [0.25, 0.3) is 5.91 Å². The number of benzene rings is 1. The van der Waals surface area contributed by atoms with Crippen LogP contribution in [0.15, 0.2) is 22.7 Å². The summed E-state index contributed by atoms with van der Waals surface area (Å²) in [7, 11) is 0. The summed E-state index contributed by atoms with van der Waals surface area (Å²) in [5, 5.41) is 0. The molecular formula is C13H18BrNO2. The highest BCUT2D eigenvalue weighted by molar-refractivity contribution is 9.10. The summed E-state index contributed by atoms with van der Waals surface area (Å²) in [5.41, 5.74) is 5.72. The minimum absolute atomic E-state index is 0.434. The molecule has 0 aliphatic carbocycles. The molecule has 0 aliphatic rings. The predicted molar refractivity (Wildman–Crippen MR) is 72.3 cm³/mol. The van der Waals surface area contributed by atoms with Gasteiger partial charge in [0, 0.05) is 4.47 Å². The van der Waals surface area contributed by atoms with Gasteiger partial charge < -0.3 is 10.5 Å². The van der Waals surface area contributed by atoms with E-state index in [0.717, 1.165) is 17.3 Å². The fourth-order valence-electron chi connectivity index (χ4n) is 1.53. The summed E-state index contributed by atoms with van der Waals surface area (Å²) >= 11 is 3.35. The Morgan fingerprint density at radius 3 is 2.76 bits per heavy atom. The van der Waals surface area contributed by atoms with Crippen molar-refractivity contribution in [1.82, 2.24) is 0 Å². The lowest BCUT2D eigenvalue weighted by atomic mass is 10.2. The van der Waals surface area contributed by atoms with Gasteiger partial charge in [-0.3, -0.25) is 4.79 Å². The number of hydrogen-bond donors (Lipinski definition) is 1. The fraction of sp³-hybridized carbons (Fsp3) is 0.462. The second kappa shape index (κ2) is 7.33. The first-order chi connectivity index (χ1) is 8.15. The number of ether oxygens (including phenoxy) is 1. The molecule has 0 aliphatic heterocycles. The summed E-state index contributed by atoms with van der Waals surface area (Å²) in [6, 6.07) is 5.23. The molecule has 1 aromatic carbocycles. The molecule has 1 rings (SSSR count). The van der Waals surface area contributed by atoms with Crippen LogP contribution in [0.4, 0.5) is 0 Å². The Bertz CT molecular complexity index is 380. The molecule has 0 bridgehead atoms. The maximum absolute atomic E-state index is 11.2. The quantitative estimate of drug-likeness (QED) is 0.783. The van der Waals surface area contributed by atoms with Gasteiger partial charge in [0.1, 0.15) is 5.75 Å². The number of unbranched alkanes of at least 4 members (excludes halogenated alkanes) is 3. The smallest absolute Gasteiger partial charge is 0.252 e. The van der Waals surface area contributed by atoms with Crippen molar-refractivity contribution in [3.05, 3.63) is 28.2 Å². The van der Waals surface area contributed by atoms with Gasteiger partial charge in [0.15, 0.2) is 0 Å². The molecule has 4 heteroatoms. The Labute approximate surface area is 110 Å². The summed E-state index contributed by atoms with van der Waals surface area (Å²) in [5.74, 6) is 0.101. The monoisotopic (exact) mass is 299 g/mol. The van der Waals surface area contributed by atoms with E-state index in [4.69, 9.17) is 10.5 Å². The van der Waals surface area contributed by atoms with Crippen molar-refractivity contribution >= 4 is 21.8 Å². The second-order valence-electron chi connectivity index (χ2n) is 3.91. The summed E-state index contributed by atoms with van der Waals surface area (Å²) in [6.45, 7) is 2.79. The number of carbonyl (C=O) groups excluding carboxylic acids is 1. The van der Waals surface area contributed by atoms with Gasteiger partial charge in [0.05, 0.1) is 12.2 Å². The number of hydrogen-bond acceptors (Lipinski definition) is 2. The van der Waals surface area contributed by atoms with Gasteiger partial charge in [-0.15, -0.1) is 0 Å². The van der Waals surface area contributed by atoms with Crippen molar-refractivity contribution in [2.75, 3.05) is 6.61 Å². The van der Waals surface area contributed by atoms with E-state index >= 15 is 0 Å². The average molecular weight is 300 g/mol. The Hall–Kier alpha value is -1.03. The maximum Gasteiger partial charge on any atom is 0.252 e. The second-order valence-corrected chi connectivity index (χ2v) is 4.83. The van der Waals surface area contributed by atoms with Crippen LogP contribution in [0.1, 0.15) is 43.0 Å². The third-order valence-electron chi connectivity index (χ3n) is 2.46. The molecule has 3 nitrogen and oxygen atoms in total. The molecule has 0 unspecified atom stereocenters. The third-order valence-corrected chi connectivity index (χ3v) is 2.96. The Morgan fingerprint density at radius 2 is 2.12 bits per heavy atom. The molecule has 0 saturated heterocycles. The first kappa shape index (κ1) is 14.0. The van der Waals surface area contributed by atoms with E-state index in [1.165, 1.54) is 12.8 Å². The average Bonchev–Trinajstić information content (AvgIpc) is 2.28. The van der Waals surface area contributed by atoms with E-state index in [1.807, 2.05) is 0 Å². The molecule has 1 aromatic rings. The summed E-state index contributed by atoms with van der Waals surface area (Å²) in [4.78, 5) is 11.2. The highest BCUT2D eigenvalue weighted by Crippen LogP contribution is 2.23. The van der Waals surface area contributed by atoms with Gasteiger partial charge in [0.2, 0.25) is 0 Å². The minimum Gasteiger partial charge on any atom is -0.493 e. The van der Waals surface area contributed by atoms with Gasteiger partial charge in [-0.2, -0.15) is 0 Å². The molecule has 1 amide bonds. The zero-order chi connectivity index (χ0) is 12.7. The zero-order valence-electron chi connectivity index (χ0n) is 10.0. The van der Waals surface area contributed by atoms with E-state index in [0.29, 0.717) is 17.9 Å². The van der Waals surface area contributed by atoms with E-state index < -0.39 is 5.91 Å². The molecule has 0 aromatic heterocycles. The van der Waals surface area contributed by atoms with Crippen LogP contribution in [0.3, 0.4) is 0 Å². The summed E-state index contributed by atoms with van der Waals surface area (Å²) in [6.07, 6.45) is 4.56. The van der Waals surface area contributed by atoms with Gasteiger partial charge >= 0.3 is 0 Å². The topological polar surface area (TPSA) is 52.3 Å². The molecule has 2 N–H and O–H groups in total. The Balaban J connectivity index is 2.56. The number of carbonyl (C=O) groups is 1. The largest absolute Gasteiger partial charge is 0.493 e. The van der Waals surface area contributed by atoms with Crippen LogP contribution in [0.2, 0.25) is 0 Å². The number of amides is 1. The molecular weight excluding hydrogens is 282 g/mol. The van der Waals surface area contributed by atoms with E-state index in [2.05, 4.69) is 22.9 Å². The standard InChI is InChI=1S/C13H18BrNO2/c1-2-3-4-5-8-17-12-9-10(14)6-7-11(12)13(15)16/h6-7,9H,2-5,8H2,1H3,(H2,15,16). The number of nitrogens with two attached hydrogens (primary N) is 1. The van der Waals surface area contributed by atoms with Gasteiger partial charge in [-0.05, 0) is 24.6 Å². The van der Waals surface area contributed by atoms with Crippen LogP contribution in [-0.2, 0) is 0 Å². The van der Waals surface area contributed by atoms with Gasteiger partial charge in [-0.25, -0.2) is 0 Å². The fourth-order valence-corrected chi connectivity index (χ4v) is 1.87. The van der Waals surface area contributed by atoms with Crippen molar-refractivity contribution in [3.63, 3.8) is 0 Å². The zero-order valence-corrected chi connectivity index (χ0v) is 11.6. The predicted octanol–water partition coefficient (Wildman–Crippen LogP) is 3.51.